The molecule has 0 saturated carbocycles. The van der Waals surface area contributed by atoms with E-state index < -0.39 is 30.9 Å². The topological polar surface area (TPSA) is 75.4 Å². The first kappa shape index (κ1) is 20.3. The van der Waals surface area contributed by atoms with Gasteiger partial charge in [0.25, 0.3) is 0 Å². The van der Waals surface area contributed by atoms with E-state index in [0.29, 0.717) is 0 Å². The van der Waals surface area contributed by atoms with Crippen LogP contribution < -0.4 is 16.2 Å². The number of rotatable bonds is 4. The average molecular weight is 474 g/mol. The van der Waals surface area contributed by atoms with Crippen molar-refractivity contribution in [3.63, 3.8) is 0 Å². The standard InChI is InChI=1S/C11H7Cl5FN3O2S2/c12-4-1-5(13)7(6(14)2-4)20-9(24(21,22)3-17)8(15)11(16,19-20)10(18)23/h1-2,19H,3H2,(H2,18,23). The Morgan fingerprint density at radius 2 is 1.79 bits per heavy atom. The quantitative estimate of drug-likeness (QED) is 0.392. The number of halogens is 6. The van der Waals surface area contributed by atoms with Gasteiger partial charge in [-0.1, -0.05) is 70.2 Å². The second-order valence-electron chi connectivity index (χ2n) is 4.53. The zero-order valence-electron chi connectivity index (χ0n) is 11.3. The molecule has 13 heteroatoms. The molecular weight excluding hydrogens is 467 g/mol. The molecule has 0 spiro atoms. The number of hydrazine groups is 1. The number of sulfone groups is 1. The van der Waals surface area contributed by atoms with E-state index in [1.807, 2.05) is 0 Å². The summed E-state index contributed by atoms with van der Waals surface area (Å²) in [5.74, 6) is 0. The van der Waals surface area contributed by atoms with Crippen LogP contribution in [0.15, 0.2) is 22.2 Å². The molecule has 3 N–H and O–H groups in total. The lowest BCUT2D eigenvalue weighted by atomic mass is 10.3. The van der Waals surface area contributed by atoms with Gasteiger partial charge in [-0.25, -0.2) is 12.8 Å². The predicted octanol–water partition coefficient (Wildman–Crippen LogP) is 3.94. The molecule has 24 heavy (non-hydrogen) atoms. The minimum atomic E-state index is -4.50. The first-order chi connectivity index (χ1) is 11.0. The lowest BCUT2D eigenvalue weighted by molar-refractivity contribution is 0.537. The van der Waals surface area contributed by atoms with E-state index in [2.05, 4.69) is 5.43 Å². The van der Waals surface area contributed by atoms with Gasteiger partial charge >= 0.3 is 0 Å². The third kappa shape index (κ3) is 3.31. The summed E-state index contributed by atoms with van der Waals surface area (Å²) in [6.45, 7) is 0. The fourth-order valence-corrected chi connectivity index (χ4v) is 4.84. The fourth-order valence-electron chi connectivity index (χ4n) is 1.90. The van der Waals surface area contributed by atoms with Gasteiger partial charge in [0, 0.05) is 5.02 Å². The first-order valence-electron chi connectivity index (χ1n) is 5.86. The van der Waals surface area contributed by atoms with Gasteiger partial charge in [-0.3, -0.25) is 5.01 Å². The summed E-state index contributed by atoms with van der Waals surface area (Å²) >= 11 is 35.0. The van der Waals surface area contributed by atoms with Crippen molar-refractivity contribution in [2.24, 2.45) is 5.73 Å². The van der Waals surface area contributed by atoms with Gasteiger partial charge in [0.15, 0.2) is 16.0 Å². The molecule has 1 heterocycles. The normalized spacial score (nSPS) is 21.5. The molecule has 0 amide bonds. The van der Waals surface area contributed by atoms with Gasteiger partial charge in [-0.15, -0.1) is 0 Å². The zero-order chi connectivity index (χ0) is 18.4. The Morgan fingerprint density at radius 3 is 2.21 bits per heavy atom. The largest absolute Gasteiger partial charge is 0.390 e. The highest BCUT2D eigenvalue weighted by Gasteiger charge is 2.50. The second-order valence-corrected chi connectivity index (χ2v) is 9.00. The van der Waals surface area contributed by atoms with Crippen molar-refractivity contribution in [2.45, 2.75) is 5.00 Å². The Labute approximate surface area is 167 Å². The maximum Gasteiger partial charge on any atom is 0.225 e. The van der Waals surface area contributed by atoms with Crippen molar-refractivity contribution in [3.05, 3.63) is 37.3 Å². The van der Waals surface area contributed by atoms with Crippen molar-refractivity contribution >= 4 is 90.7 Å². The van der Waals surface area contributed by atoms with E-state index in [0.717, 1.165) is 5.01 Å². The molecule has 2 rings (SSSR count). The van der Waals surface area contributed by atoms with Gasteiger partial charge in [-0.05, 0) is 12.1 Å². The summed E-state index contributed by atoms with van der Waals surface area (Å²) in [6, 6.07) is 0.854. The summed E-state index contributed by atoms with van der Waals surface area (Å²) in [7, 11) is -4.50. The monoisotopic (exact) mass is 471 g/mol. The molecule has 0 radical (unpaired) electrons. The number of benzene rings is 1. The zero-order valence-corrected chi connectivity index (χ0v) is 16.7. The van der Waals surface area contributed by atoms with Crippen LogP contribution in [0.3, 0.4) is 0 Å². The van der Waals surface area contributed by atoms with E-state index >= 15 is 0 Å². The fraction of sp³-hybridized carbons (Fsp3) is 0.182. The minimum absolute atomic E-state index is 0.0418. The number of nitrogens with zero attached hydrogens (tertiary/aromatic N) is 1. The van der Waals surface area contributed by atoms with Gasteiger partial charge in [-0.2, -0.15) is 5.43 Å². The number of alkyl halides is 2. The number of nitrogens with two attached hydrogens (primary N) is 1. The van der Waals surface area contributed by atoms with E-state index in [1.54, 1.807) is 0 Å². The second kappa shape index (κ2) is 6.92. The summed E-state index contributed by atoms with van der Waals surface area (Å²) < 4.78 is 37.4. The van der Waals surface area contributed by atoms with Gasteiger partial charge < -0.3 is 5.73 Å². The SMILES string of the molecule is NC(=S)C1(Cl)NN(c2c(Cl)cc(Cl)cc2Cl)C(S(=O)(=O)CF)=C1Cl. The van der Waals surface area contributed by atoms with Crippen LogP contribution in [-0.2, 0) is 9.84 Å². The van der Waals surface area contributed by atoms with Crippen molar-refractivity contribution in [2.75, 3.05) is 11.0 Å². The Hall–Kier alpha value is -0.0600. The van der Waals surface area contributed by atoms with Crippen molar-refractivity contribution in [1.82, 2.24) is 5.43 Å². The number of thiocarbonyl (C=S) groups is 1. The van der Waals surface area contributed by atoms with Crippen LogP contribution in [0.5, 0.6) is 0 Å². The van der Waals surface area contributed by atoms with Crippen LogP contribution in [0.4, 0.5) is 10.1 Å². The van der Waals surface area contributed by atoms with Crippen molar-refractivity contribution in [3.8, 4) is 0 Å². The first-order valence-corrected chi connectivity index (χ1v) is 9.81. The molecule has 0 fully saturated rings. The highest BCUT2D eigenvalue weighted by molar-refractivity contribution is 7.95. The molecule has 0 bridgehead atoms. The molecule has 1 aliphatic rings. The smallest absolute Gasteiger partial charge is 0.225 e. The van der Waals surface area contributed by atoms with Gasteiger partial charge in [0.05, 0.1) is 20.8 Å². The van der Waals surface area contributed by atoms with Crippen molar-refractivity contribution < 1.29 is 12.8 Å². The molecule has 0 aromatic heterocycles. The van der Waals surface area contributed by atoms with Gasteiger partial charge in [0.2, 0.25) is 9.84 Å². The Bertz CT molecular complexity index is 840. The molecule has 5 nitrogen and oxygen atoms in total. The number of hydrogen-bond acceptors (Lipinski definition) is 5. The van der Waals surface area contributed by atoms with Crippen LogP contribution >= 0.6 is 70.2 Å². The number of hydrogen-bond donors (Lipinski definition) is 2. The summed E-state index contributed by atoms with van der Waals surface area (Å²) in [6.07, 6.45) is 0. The van der Waals surface area contributed by atoms with Crippen molar-refractivity contribution in [1.29, 1.82) is 0 Å². The molecular formula is C11H7Cl5FN3O2S2. The van der Waals surface area contributed by atoms with E-state index in [-0.39, 0.29) is 25.7 Å². The molecule has 1 aromatic carbocycles. The third-order valence-electron chi connectivity index (χ3n) is 2.94. The molecule has 1 aromatic rings. The highest BCUT2D eigenvalue weighted by Crippen LogP contribution is 2.46. The maximum atomic E-state index is 13.1. The van der Waals surface area contributed by atoms with Crippen LogP contribution in [0.25, 0.3) is 0 Å². The van der Waals surface area contributed by atoms with Crippen LogP contribution in [0, 0.1) is 0 Å². The molecule has 1 aliphatic heterocycles. The van der Waals surface area contributed by atoms with Crippen LogP contribution in [0.2, 0.25) is 15.1 Å². The highest BCUT2D eigenvalue weighted by atomic mass is 35.5. The lowest BCUT2D eigenvalue weighted by Gasteiger charge is -2.27. The minimum Gasteiger partial charge on any atom is -0.390 e. The van der Waals surface area contributed by atoms with E-state index in [9.17, 15) is 12.8 Å². The number of nitrogens with one attached hydrogen (secondary N) is 1. The third-order valence-corrected chi connectivity index (χ3v) is 6.57. The Kier molecular flexibility index (Phi) is 5.84. The van der Waals surface area contributed by atoms with E-state index in [4.69, 9.17) is 76.0 Å². The molecule has 132 valence electrons. The molecule has 0 saturated heterocycles. The molecule has 1 atom stereocenters. The summed E-state index contributed by atoms with van der Waals surface area (Å²) in [4.78, 5) is -2.34. The molecule has 1 unspecified atom stereocenters. The van der Waals surface area contributed by atoms with Gasteiger partial charge in [0.1, 0.15) is 4.99 Å². The lowest BCUT2D eigenvalue weighted by Crippen LogP contribution is -2.52. The predicted molar refractivity (Wildman–Crippen MR) is 100 cm³/mol. The summed E-state index contributed by atoms with van der Waals surface area (Å²) in [5, 5.41) is -0.300. The number of anilines is 1. The van der Waals surface area contributed by atoms with Crippen LogP contribution in [0.1, 0.15) is 0 Å². The maximum absolute atomic E-state index is 13.1. The Morgan fingerprint density at radius 1 is 1.29 bits per heavy atom. The average Bonchev–Trinajstić information content (AvgIpc) is 2.71. The van der Waals surface area contributed by atoms with E-state index in [1.165, 1.54) is 12.1 Å². The summed E-state index contributed by atoms with van der Waals surface area (Å²) in [5.41, 5.74) is 7.96. The Balaban J connectivity index is 2.78. The molecule has 0 aliphatic carbocycles. The van der Waals surface area contributed by atoms with Crippen LogP contribution in [-0.4, -0.2) is 24.4 Å².